The van der Waals surface area contributed by atoms with Gasteiger partial charge in [0, 0.05) is 0 Å². The minimum absolute atomic E-state index is 0.0409. The standard InChI is InChI=1S/C8H7ClN4/c9-7-3-6(13-8(11)12)2-1-5(7)4-10/h1-3H,(H4,11,12,13). The van der Waals surface area contributed by atoms with E-state index in [-0.39, 0.29) is 5.96 Å². The Hall–Kier alpha value is -1.73. The van der Waals surface area contributed by atoms with Crippen molar-refractivity contribution in [3.8, 4) is 6.07 Å². The summed E-state index contributed by atoms with van der Waals surface area (Å²) in [6.07, 6.45) is 0. The molecule has 0 unspecified atom stereocenters. The highest BCUT2D eigenvalue weighted by Gasteiger charge is 1.99. The fourth-order valence-electron chi connectivity index (χ4n) is 0.813. The Kier molecular flexibility index (Phi) is 2.72. The molecule has 0 saturated carbocycles. The van der Waals surface area contributed by atoms with E-state index in [1.807, 2.05) is 6.07 Å². The van der Waals surface area contributed by atoms with Crippen molar-refractivity contribution in [1.29, 1.82) is 5.26 Å². The van der Waals surface area contributed by atoms with Crippen molar-refractivity contribution < 1.29 is 0 Å². The van der Waals surface area contributed by atoms with Gasteiger partial charge in [0.05, 0.1) is 16.3 Å². The molecule has 0 heterocycles. The van der Waals surface area contributed by atoms with Crippen LogP contribution in [0.25, 0.3) is 0 Å². The van der Waals surface area contributed by atoms with E-state index in [1.165, 1.54) is 6.07 Å². The molecule has 4 N–H and O–H groups in total. The first-order valence-electron chi connectivity index (χ1n) is 3.43. The van der Waals surface area contributed by atoms with E-state index in [2.05, 4.69) is 4.99 Å². The summed E-state index contributed by atoms with van der Waals surface area (Å²) >= 11 is 5.74. The Morgan fingerprint density at radius 2 is 2.15 bits per heavy atom. The molecule has 0 amide bonds. The fourth-order valence-corrected chi connectivity index (χ4v) is 1.03. The molecule has 4 nitrogen and oxygen atoms in total. The molecule has 1 aromatic rings. The molecule has 13 heavy (non-hydrogen) atoms. The molecule has 0 aliphatic heterocycles. The van der Waals surface area contributed by atoms with Gasteiger partial charge in [0.2, 0.25) is 0 Å². The van der Waals surface area contributed by atoms with Crippen LogP contribution in [0.4, 0.5) is 5.69 Å². The molecular formula is C8H7ClN4. The molecule has 1 rings (SSSR count). The fraction of sp³-hybridized carbons (Fsp3) is 0. The van der Waals surface area contributed by atoms with Gasteiger partial charge in [-0.3, -0.25) is 0 Å². The zero-order chi connectivity index (χ0) is 9.84. The molecule has 0 aliphatic rings. The van der Waals surface area contributed by atoms with Gasteiger partial charge in [-0.05, 0) is 18.2 Å². The predicted octanol–water partition coefficient (Wildman–Crippen LogP) is 1.12. The van der Waals surface area contributed by atoms with Crippen molar-refractivity contribution in [3.63, 3.8) is 0 Å². The second-order valence-electron chi connectivity index (χ2n) is 2.31. The summed E-state index contributed by atoms with van der Waals surface area (Å²) in [7, 11) is 0. The van der Waals surface area contributed by atoms with Crippen molar-refractivity contribution >= 4 is 23.2 Å². The van der Waals surface area contributed by atoms with E-state index in [9.17, 15) is 0 Å². The molecule has 0 bridgehead atoms. The van der Waals surface area contributed by atoms with Crippen molar-refractivity contribution in [2.75, 3.05) is 0 Å². The number of hydrogen-bond donors (Lipinski definition) is 2. The summed E-state index contributed by atoms with van der Waals surface area (Å²) in [5.41, 5.74) is 11.3. The Morgan fingerprint density at radius 1 is 1.46 bits per heavy atom. The van der Waals surface area contributed by atoms with Crippen molar-refractivity contribution in [2.45, 2.75) is 0 Å². The molecule has 0 atom stereocenters. The van der Waals surface area contributed by atoms with E-state index in [1.54, 1.807) is 12.1 Å². The first-order valence-corrected chi connectivity index (χ1v) is 3.80. The molecule has 66 valence electrons. The maximum atomic E-state index is 8.57. The summed E-state index contributed by atoms with van der Waals surface area (Å²) in [5, 5.41) is 8.91. The smallest absolute Gasteiger partial charge is 0.191 e. The maximum Gasteiger partial charge on any atom is 0.191 e. The summed E-state index contributed by atoms with van der Waals surface area (Å²) in [6.45, 7) is 0. The minimum Gasteiger partial charge on any atom is -0.370 e. The van der Waals surface area contributed by atoms with Crippen LogP contribution < -0.4 is 11.5 Å². The zero-order valence-corrected chi connectivity index (χ0v) is 7.42. The largest absolute Gasteiger partial charge is 0.370 e. The number of nitrogens with zero attached hydrogens (tertiary/aromatic N) is 2. The molecule has 0 saturated heterocycles. The number of rotatable bonds is 1. The number of nitrogens with two attached hydrogens (primary N) is 2. The number of aliphatic imine (C=N–C) groups is 1. The maximum absolute atomic E-state index is 8.57. The second kappa shape index (κ2) is 3.78. The lowest BCUT2D eigenvalue weighted by Gasteiger charge is -1.97. The Labute approximate surface area is 80.4 Å². The van der Waals surface area contributed by atoms with Gasteiger partial charge in [0.25, 0.3) is 0 Å². The van der Waals surface area contributed by atoms with Crippen LogP contribution in [0.5, 0.6) is 0 Å². The van der Waals surface area contributed by atoms with Crippen molar-refractivity contribution in [2.24, 2.45) is 16.5 Å². The van der Waals surface area contributed by atoms with Crippen LogP contribution in [0.3, 0.4) is 0 Å². The zero-order valence-electron chi connectivity index (χ0n) is 6.66. The normalized spacial score (nSPS) is 8.92. The average Bonchev–Trinajstić information content (AvgIpc) is 2.03. The van der Waals surface area contributed by atoms with Crippen LogP contribution in [-0.2, 0) is 0 Å². The topological polar surface area (TPSA) is 88.2 Å². The van der Waals surface area contributed by atoms with Gasteiger partial charge in [0.15, 0.2) is 5.96 Å². The van der Waals surface area contributed by atoms with Gasteiger partial charge in [-0.15, -0.1) is 0 Å². The highest BCUT2D eigenvalue weighted by molar-refractivity contribution is 6.32. The Morgan fingerprint density at radius 3 is 2.62 bits per heavy atom. The van der Waals surface area contributed by atoms with Crippen LogP contribution in [0.2, 0.25) is 5.02 Å². The lowest BCUT2D eigenvalue weighted by molar-refractivity contribution is 1.41. The number of guanidine groups is 1. The van der Waals surface area contributed by atoms with E-state index in [4.69, 9.17) is 28.3 Å². The van der Waals surface area contributed by atoms with Gasteiger partial charge < -0.3 is 11.5 Å². The average molecular weight is 195 g/mol. The lowest BCUT2D eigenvalue weighted by atomic mass is 10.2. The van der Waals surface area contributed by atoms with Gasteiger partial charge in [-0.2, -0.15) is 5.26 Å². The second-order valence-corrected chi connectivity index (χ2v) is 2.72. The van der Waals surface area contributed by atoms with Crippen LogP contribution in [-0.4, -0.2) is 5.96 Å². The predicted molar refractivity (Wildman–Crippen MR) is 51.6 cm³/mol. The van der Waals surface area contributed by atoms with E-state index in [0.717, 1.165) is 0 Å². The number of hydrogen-bond acceptors (Lipinski definition) is 2. The molecule has 0 aromatic heterocycles. The summed E-state index contributed by atoms with van der Waals surface area (Å²) in [6, 6.07) is 6.64. The number of benzene rings is 1. The third-order valence-electron chi connectivity index (χ3n) is 1.33. The highest BCUT2D eigenvalue weighted by atomic mass is 35.5. The third kappa shape index (κ3) is 2.36. The molecule has 1 aromatic carbocycles. The van der Waals surface area contributed by atoms with E-state index < -0.39 is 0 Å². The molecule has 0 radical (unpaired) electrons. The Balaban J connectivity index is 3.12. The molecule has 0 spiro atoms. The van der Waals surface area contributed by atoms with E-state index in [0.29, 0.717) is 16.3 Å². The van der Waals surface area contributed by atoms with Gasteiger partial charge in [-0.25, -0.2) is 4.99 Å². The molecule has 0 aliphatic carbocycles. The van der Waals surface area contributed by atoms with Crippen LogP contribution in [0.15, 0.2) is 23.2 Å². The van der Waals surface area contributed by atoms with Crippen molar-refractivity contribution in [3.05, 3.63) is 28.8 Å². The summed E-state index contributed by atoms with van der Waals surface area (Å²) < 4.78 is 0. The highest BCUT2D eigenvalue weighted by Crippen LogP contribution is 2.21. The SMILES string of the molecule is N#Cc1ccc(N=C(N)N)cc1Cl. The van der Waals surface area contributed by atoms with Crippen LogP contribution in [0, 0.1) is 11.3 Å². The molecular weight excluding hydrogens is 188 g/mol. The summed E-state index contributed by atoms with van der Waals surface area (Å²) in [4.78, 5) is 3.77. The quantitative estimate of drug-likeness (QED) is 0.519. The lowest BCUT2D eigenvalue weighted by Crippen LogP contribution is -2.21. The van der Waals surface area contributed by atoms with Gasteiger partial charge in [0.1, 0.15) is 6.07 Å². The minimum atomic E-state index is -0.0409. The first-order chi connectivity index (χ1) is 6.13. The van der Waals surface area contributed by atoms with Crippen LogP contribution in [0.1, 0.15) is 5.56 Å². The first kappa shape index (κ1) is 9.36. The Bertz CT molecular complexity index is 388. The summed E-state index contributed by atoms with van der Waals surface area (Å²) in [5.74, 6) is -0.0409. The van der Waals surface area contributed by atoms with Crippen LogP contribution >= 0.6 is 11.6 Å². The third-order valence-corrected chi connectivity index (χ3v) is 1.64. The van der Waals surface area contributed by atoms with Gasteiger partial charge >= 0.3 is 0 Å². The number of halogens is 1. The number of nitriles is 1. The van der Waals surface area contributed by atoms with Crippen molar-refractivity contribution in [1.82, 2.24) is 0 Å². The monoisotopic (exact) mass is 194 g/mol. The molecule has 5 heteroatoms. The molecule has 0 fully saturated rings. The van der Waals surface area contributed by atoms with Gasteiger partial charge in [-0.1, -0.05) is 11.6 Å². The van der Waals surface area contributed by atoms with E-state index >= 15 is 0 Å².